The molecule has 1 fully saturated rings. The topological polar surface area (TPSA) is 71.5 Å². The van der Waals surface area contributed by atoms with Crippen LogP contribution in [0, 0.1) is 0 Å². The number of pyridine rings is 1. The highest BCUT2D eigenvalue weighted by Gasteiger charge is 2.34. The van der Waals surface area contributed by atoms with Gasteiger partial charge in [0.1, 0.15) is 6.04 Å². The van der Waals surface area contributed by atoms with Crippen LogP contribution in [0.15, 0.2) is 12.4 Å². The standard InChI is InChI=1S/C16H21N3O3/c1-22-16(21)14-4-2-3-7-19(14)15(20)13-10-18-9-11-8-17-6-5-12(11)13/h9-10,14,17H,2-8H2,1H3. The fourth-order valence-electron chi connectivity index (χ4n) is 3.31. The Labute approximate surface area is 129 Å². The van der Waals surface area contributed by atoms with Crippen LogP contribution in [0.2, 0.25) is 0 Å². The predicted molar refractivity (Wildman–Crippen MR) is 80.3 cm³/mol. The molecule has 1 atom stereocenters. The second-order valence-electron chi connectivity index (χ2n) is 5.78. The molecule has 0 aliphatic carbocycles. The van der Waals surface area contributed by atoms with Gasteiger partial charge in [-0.25, -0.2) is 4.79 Å². The van der Waals surface area contributed by atoms with E-state index in [9.17, 15) is 9.59 Å². The van der Waals surface area contributed by atoms with E-state index in [1.165, 1.54) is 7.11 Å². The number of likely N-dealkylation sites (tertiary alicyclic amines) is 1. The Balaban J connectivity index is 1.91. The lowest BCUT2D eigenvalue weighted by atomic mass is 9.95. The van der Waals surface area contributed by atoms with Gasteiger partial charge in [0.05, 0.1) is 12.7 Å². The van der Waals surface area contributed by atoms with E-state index in [1.807, 2.05) is 6.20 Å². The van der Waals surface area contributed by atoms with Gasteiger partial charge in [0.15, 0.2) is 0 Å². The monoisotopic (exact) mass is 303 g/mol. The number of nitrogens with one attached hydrogen (secondary N) is 1. The molecule has 1 aromatic heterocycles. The van der Waals surface area contributed by atoms with E-state index < -0.39 is 6.04 Å². The van der Waals surface area contributed by atoms with E-state index in [4.69, 9.17) is 4.74 Å². The Kier molecular flexibility index (Phi) is 4.38. The van der Waals surface area contributed by atoms with Crippen molar-refractivity contribution in [2.75, 3.05) is 20.2 Å². The number of methoxy groups -OCH3 is 1. The highest BCUT2D eigenvalue weighted by Crippen LogP contribution is 2.24. The second kappa shape index (κ2) is 6.44. The van der Waals surface area contributed by atoms with Crippen molar-refractivity contribution in [2.45, 2.75) is 38.3 Å². The first kappa shape index (κ1) is 15.0. The van der Waals surface area contributed by atoms with Gasteiger partial charge >= 0.3 is 5.97 Å². The summed E-state index contributed by atoms with van der Waals surface area (Å²) in [6.45, 7) is 2.20. The van der Waals surface area contributed by atoms with Gasteiger partial charge in [-0.1, -0.05) is 0 Å². The number of hydrogen-bond acceptors (Lipinski definition) is 5. The molecule has 1 unspecified atom stereocenters. The smallest absolute Gasteiger partial charge is 0.328 e. The molecule has 1 amide bonds. The average molecular weight is 303 g/mol. The van der Waals surface area contributed by atoms with E-state index in [-0.39, 0.29) is 11.9 Å². The lowest BCUT2D eigenvalue weighted by molar-refractivity contribution is -0.147. The number of piperidine rings is 1. The zero-order chi connectivity index (χ0) is 15.5. The number of carbonyl (C=O) groups excluding carboxylic acids is 2. The summed E-state index contributed by atoms with van der Waals surface area (Å²) in [5.41, 5.74) is 2.77. The summed E-state index contributed by atoms with van der Waals surface area (Å²) in [4.78, 5) is 30.8. The highest BCUT2D eigenvalue weighted by atomic mass is 16.5. The molecule has 3 rings (SSSR count). The first-order valence-electron chi connectivity index (χ1n) is 7.77. The summed E-state index contributed by atoms with van der Waals surface area (Å²) in [6.07, 6.45) is 6.79. The molecule has 1 aromatic rings. The van der Waals surface area contributed by atoms with Crippen LogP contribution in [0.5, 0.6) is 0 Å². The van der Waals surface area contributed by atoms with Gasteiger partial charge in [0.25, 0.3) is 5.91 Å². The largest absolute Gasteiger partial charge is 0.467 e. The van der Waals surface area contributed by atoms with E-state index in [0.29, 0.717) is 18.5 Å². The van der Waals surface area contributed by atoms with E-state index >= 15 is 0 Å². The molecule has 0 radical (unpaired) electrons. The third-order valence-corrected chi connectivity index (χ3v) is 4.48. The molecule has 0 spiro atoms. The molecule has 22 heavy (non-hydrogen) atoms. The van der Waals surface area contributed by atoms with Crippen molar-refractivity contribution < 1.29 is 14.3 Å². The number of hydrogen-bond donors (Lipinski definition) is 1. The predicted octanol–water partition coefficient (Wildman–Crippen LogP) is 0.895. The van der Waals surface area contributed by atoms with Crippen molar-refractivity contribution in [3.8, 4) is 0 Å². The molecule has 3 heterocycles. The normalized spacial score (nSPS) is 21.1. The number of fused-ring (bicyclic) bond motifs is 1. The van der Waals surface area contributed by atoms with Crippen LogP contribution in [-0.2, 0) is 22.5 Å². The average Bonchev–Trinajstić information content (AvgIpc) is 2.60. The lowest BCUT2D eigenvalue weighted by Gasteiger charge is -2.34. The third-order valence-electron chi connectivity index (χ3n) is 4.48. The van der Waals surface area contributed by atoms with Crippen LogP contribution in [0.3, 0.4) is 0 Å². The Bertz CT molecular complexity index is 588. The molecule has 2 aliphatic heterocycles. The number of aromatic nitrogens is 1. The summed E-state index contributed by atoms with van der Waals surface area (Å²) in [6, 6.07) is -0.469. The van der Waals surface area contributed by atoms with Gasteiger partial charge in [-0.15, -0.1) is 0 Å². The molecule has 6 heteroatoms. The fraction of sp³-hybridized carbons (Fsp3) is 0.562. The van der Waals surface area contributed by atoms with Crippen molar-refractivity contribution in [2.24, 2.45) is 0 Å². The number of esters is 1. The quantitative estimate of drug-likeness (QED) is 0.822. The summed E-state index contributed by atoms with van der Waals surface area (Å²) < 4.78 is 4.86. The van der Waals surface area contributed by atoms with Crippen molar-refractivity contribution in [3.05, 3.63) is 29.1 Å². The minimum absolute atomic E-state index is 0.0960. The molecule has 1 N–H and O–H groups in total. The van der Waals surface area contributed by atoms with Crippen LogP contribution in [0.1, 0.15) is 40.7 Å². The van der Waals surface area contributed by atoms with Crippen molar-refractivity contribution in [3.63, 3.8) is 0 Å². The zero-order valence-electron chi connectivity index (χ0n) is 12.8. The maximum absolute atomic E-state index is 13.0. The van der Waals surface area contributed by atoms with Gasteiger partial charge in [-0.05, 0) is 43.4 Å². The number of ether oxygens (including phenoxy) is 1. The SMILES string of the molecule is COC(=O)C1CCCCN1C(=O)c1cncc2c1CCNC2. The van der Waals surface area contributed by atoms with E-state index in [2.05, 4.69) is 10.3 Å². The number of nitrogens with zero attached hydrogens (tertiary/aromatic N) is 2. The number of rotatable bonds is 2. The van der Waals surface area contributed by atoms with Gasteiger partial charge in [0.2, 0.25) is 0 Å². The Morgan fingerprint density at radius 1 is 1.36 bits per heavy atom. The Morgan fingerprint density at radius 2 is 2.23 bits per heavy atom. The Morgan fingerprint density at radius 3 is 3.05 bits per heavy atom. The molecule has 0 aromatic carbocycles. The first-order chi connectivity index (χ1) is 10.7. The summed E-state index contributed by atoms with van der Waals surface area (Å²) in [5.74, 6) is -0.422. The number of carbonyl (C=O) groups is 2. The summed E-state index contributed by atoms with van der Waals surface area (Å²) >= 11 is 0. The minimum Gasteiger partial charge on any atom is -0.467 e. The van der Waals surface area contributed by atoms with Crippen LogP contribution < -0.4 is 5.32 Å². The third kappa shape index (κ3) is 2.70. The molecule has 2 aliphatic rings. The van der Waals surface area contributed by atoms with Crippen LogP contribution in [0.4, 0.5) is 0 Å². The molecule has 0 bridgehead atoms. The van der Waals surface area contributed by atoms with Gasteiger partial charge in [-0.3, -0.25) is 9.78 Å². The molecular weight excluding hydrogens is 282 g/mol. The molecule has 0 saturated carbocycles. The Hall–Kier alpha value is -1.95. The zero-order valence-corrected chi connectivity index (χ0v) is 12.8. The minimum atomic E-state index is -0.469. The molecule has 6 nitrogen and oxygen atoms in total. The van der Waals surface area contributed by atoms with Crippen molar-refractivity contribution >= 4 is 11.9 Å². The maximum atomic E-state index is 13.0. The number of amides is 1. The van der Waals surface area contributed by atoms with E-state index in [1.54, 1.807) is 11.1 Å². The molecular formula is C16H21N3O3. The van der Waals surface area contributed by atoms with Gasteiger partial charge in [-0.2, -0.15) is 0 Å². The van der Waals surface area contributed by atoms with Crippen molar-refractivity contribution in [1.82, 2.24) is 15.2 Å². The highest BCUT2D eigenvalue weighted by molar-refractivity contribution is 5.98. The summed E-state index contributed by atoms with van der Waals surface area (Å²) in [7, 11) is 1.37. The maximum Gasteiger partial charge on any atom is 0.328 e. The van der Waals surface area contributed by atoms with Crippen LogP contribution in [-0.4, -0.2) is 48.0 Å². The first-order valence-corrected chi connectivity index (χ1v) is 7.77. The van der Waals surface area contributed by atoms with Gasteiger partial charge in [0, 0.05) is 25.5 Å². The van der Waals surface area contributed by atoms with Crippen LogP contribution in [0.25, 0.3) is 0 Å². The van der Waals surface area contributed by atoms with E-state index in [0.717, 1.165) is 43.5 Å². The lowest BCUT2D eigenvalue weighted by Crippen LogP contribution is -2.48. The van der Waals surface area contributed by atoms with Crippen LogP contribution >= 0.6 is 0 Å². The summed E-state index contributed by atoms with van der Waals surface area (Å²) in [5, 5.41) is 3.28. The van der Waals surface area contributed by atoms with Gasteiger partial charge < -0.3 is 15.0 Å². The molecule has 118 valence electrons. The second-order valence-corrected chi connectivity index (χ2v) is 5.78. The van der Waals surface area contributed by atoms with Crippen molar-refractivity contribution in [1.29, 1.82) is 0 Å². The fourth-order valence-corrected chi connectivity index (χ4v) is 3.31. The molecule has 1 saturated heterocycles.